The molecule has 0 saturated carbocycles. The minimum atomic E-state index is -4.55. The van der Waals surface area contributed by atoms with Gasteiger partial charge in [-0.05, 0) is 38.1 Å². The molecule has 0 bridgehead atoms. The molecule has 0 radical (unpaired) electrons. The monoisotopic (exact) mass is 452 g/mol. The Kier molecular flexibility index (Phi) is 5.68. The number of alkyl halides is 3. The average molecular weight is 452 g/mol. The SMILES string of the molecule is CC(=O)c1ccc(S(=O)(=O)NC(=O)c2cnn(-c3ccc(C(F)(F)F)cn3)c2C)cc1. The summed E-state index contributed by atoms with van der Waals surface area (Å²) in [6.07, 6.45) is -2.84. The predicted octanol–water partition coefficient (Wildman–Crippen LogP) is 2.92. The van der Waals surface area contributed by atoms with Gasteiger partial charge in [-0.1, -0.05) is 12.1 Å². The lowest BCUT2D eigenvalue weighted by Gasteiger charge is -2.09. The Balaban J connectivity index is 1.83. The molecule has 0 spiro atoms. The van der Waals surface area contributed by atoms with Gasteiger partial charge in [0.2, 0.25) is 0 Å². The van der Waals surface area contributed by atoms with Crippen molar-refractivity contribution in [3.8, 4) is 5.82 Å². The van der Waals surface area contributed by atoms with Gasteiger partial charge in [0.15, 0.2) is 11.6 Å². The van der Waals surface area contributed by atoms with Crippen LogP contribution in [-0.2, 0) is 16.2 Å². The molecule has 3 rings (SSSR count). The Morgan fingerprint density at radius 1 is 1.03 bits per heavy atom. The smallest absolute Gasteiger partial charge is 0.295 e. The van der Waals surface area contributed by atoms with E-state index >= 15 is 0 Å². The van der Waals surface area contributed by atoms with Crippen LogP contribution in [0.3, 0.4) is 0 Å². The van der Waals surface area contributed by atoms with Gasteiger partial charge in [0, 0.05) is 11.8 Å². The van der Waals surface area contributed by atoms with Gasteiger partial charge in [-0.2, -0.15) is 18.3 Å². The molecule has 8 nitrogen and oxygen atoms in total. The number of nitrogens with one attached hydrogen (secondary N) is 1. The van der Waals surface area contributed by atoms with Crippen molar-refractivity contribution in [1.29, 1.82) is 0 Å². The number of sulfonamides is 1. The highest BCUT2D eigenvalue weighted by atomic mass is 32.2. The van der Waals surface area contributed by atoms with Crippen molar-refractivity contribution in [3.05, 3.63) is 71.2 Å². The number of carbonyl (C=O) groups excluding carboxylic acids is 2. The van der Waals surface area contributed by atoms with E-state index in [9.17, 15) is 31.2 Å². The lowest BCUT2D eigenvalue weighted by atomic mass is 10.2. The second kappa shape index (κ2) is 7.95. The molecule has 12 heteroatoms. The van der Waals surface area contributed by atoms with Crippen LogP contribution in [0.15, 0.2) is 53.7 Å². The first-order valence-electron chi connectivity index (χ1n) is 8.66. The Hall–Kier alpha value is -3.54. The van der Waals surface area contributed by atoms with Gasteiger partial charge in [-0.15, -0.1) is 0 Å². The molecule has 0 saturated heterocycles. The molecule has 0 atom stereocenters. The van der Waals surface area contributed by atoms with E-state index < -0.39 is 27.7 Å². The number of pyridine rings is 1. The van der Waals surface area contributed by atoms with Crippen LogP contribution in [0.2, 0.25) is 0 Å². The first-order valence-corrected chi connectivity index (χ1v) is 10.1. The lowest BCUT2D eigenvalue weighted by Crippen LogP contribution is -2.31. The number of halogens is 3. The van der Waals surface area contributed by atoms with Gasteiger partial charge in [-0.25, -0.2) is 22.8 Å². The fourth-order valence-corrected chi connectivity index (χ4v) is 3.61. The molecule has 0 fully saturated rings. The van der Waals surface area contributed by atoms with Crippen LogP contribution in [-0.4, -0.2) is 34.9 Å². The molecule has 0 aliphatic heterocycles. The number of carbonyl (C=O) groups is 2. The number of hydrogen-bond donors (Lipinski definition) is 1. The van der Waals surface area contributed by atoms with Gasteiger partial charge in [0.25, 0.3) is 15.9 Å². The quantitative estimate of drug-likeness (QED) is 0.596. The molecular weight excluding hydrogens is 437 g/mol. The third-order valence-corrected chi connectivity index (χ3v) is 5.69. The molecule has 0 unspecified atom stereocenters. The van der Waals surface area contributed by atoms with Gasteiger partial charge in [0.1, 0.15) is 0 Å². The fraction of sp³-hybridized carbons (Fsp3) is 0.158. The van der Waals surface area contributed by atoms with Crippen LogP contribution in [0.1, 0.15) is 38.9 Å². The molecule has 1 aromatic carbocycles. The van der Waals surface area contributed by atoms with E-state index in [-0.39, 0.29) is 27.8 Å². The number of aromatic nitrogens is 3. The summed E-state index contributed by atoms with van der Waals surface area (Å²) in [5.74, 6) is -1.20. The van der Waals surface area contributed by atoms with Crippen LogP contribution in [0.25, 0.3) is 5.82 Å². The number of Topliss-reactive ketones (excluding diaryl/α,β-unsaturated/α-hetero) is 1. The van der Waals surface area contributed by atoms with Crippen molar-refractivity contribution in [3.63, 3.8) is 0 Å². The van der Waals surface area contributed by atoms with E-state index in [4.69, 9.17) is 0 Å². The summed E-state index contributed by atoms with van der Waals surface area (Å²) in [6.45, 7) is 2.77. The van der Waals surface area contributed by atoms with Crippen molar-refractivity contribution >= 4 is 21.7 Å². The summed E-state index contributed by atoms with van der Waals surface area (Å²) >= 11 is 0. The molecule has 2 heterocycles. The second-order valence-corrected chi connectivity index (χ2v) is 8.16. The zero-order valence-electron chi connectivity index (χ0n) is 16.1. The molecular formula is C19H15F3N4O4S. The van der Waals surface area contributed by atoms with Crippen LogP contribution in [0.4, 0.5) is 13.2 Å². The molecule has 31 heavy (non-hydrogen) atoms. The molecule has 1 N–H and O–H groups in total. The van der Waals surface area contributed by atoms with E-state index in [0.717, 1.165) is 23.0 Å². The highest BCUT2D eigenvalue weighted by molar-refractivity contribution is 7.90. The Morgan fingerprint density at radius 3 is 2.19 bits per heavy atom. The van der Waals surface area contributed by atoms with Crippen molar-refractivity contribution in [2.45, 2.75) is 24.9 Å². The highest BCUT2D eigenvalue weighted by Gasteiger charge is 2.31. The van der Waals surface area contributed by atoms with Crippen LogP contribution in [0.5, 0.6) is 0 Å². The van der Waals surface area contributed by atoms with E-state index in [1.54, 1.807) is 0 Å². The third-order valence-electron chi connectivity index (χ3n) is 4.34. The number of hydrogen-bond acceptors (Lipinski definition) is 6. The standard InChI is InChI=1S/C19H15F3N4O4S/c1-11-16(10-24-26(11)17-8-5-14(9-23-17)19(20,21)22)18(28)25-31(29,30)15-6-3-13(4-7-15)12(2)27/h3-10H,1-2H3,(H,25,28). The van der Waals surface area contributed by atoms with Gasteiger partial charge in [-0.3, -0.25) is 9.59 Å². The second-order valence-electron chi connectivity index (χ2n) is 6.47. The topological polar surface area (TPSA) is 111 Å². The lowest BCUT2D eigenvalue weighted by molar-refractivity contribution is -0.137. The van der Waals surface area contributed by atoms with Crippen molar-refractivity contribution in [2.75, 3.05) is 0 Å². The Morgan fingerprint density at radius 2 is 1.68 bits per heavy atom. The van der Waals surface area contributed by atoms with Gasteiger partial charge >= 0.3 is 6.18 Å². The molecule has 2 aromatic heterocycles. The van der Waals surface area contributed by atoms with E-state index in [1.165, 1.54) is 38.1 Å². The molecule has 1 amide bonds. The maximum absolute atomic E-state index is 12.7. The molecule has 3 aromatic rings. The van der Waals surface area contributed by atoms with Crippen LogP contribution >= 0.6 is 0 Å². The number of amides is 1. The highest BCUT2D eigenvalue weighted by Crippen LogP contribution is 2.28. The largest absolute Gasteiger partial charge is 0.417 e. The first kappa shape index (κ1) is 22.2. The molecule has 0 aliphatic rings. The number of rotatable bonds is 5. The summed E-state index contributed by atoms with van der Waals surface area (Å²) in [5, 5.41) is 3.91. The van der Waals surface area contributed by atoms with Crippen molar-refractivity contribution < 1.29 is 31.2 Å². The van der Waals surface area contributed by atoms with Crippen molar-refractivity contribution in [2.24, 2.45) is 0 Å². The van der Waals surface area contributed by atoms with Crippen LogP contribution < -0.4 is 4.72 Å². The summed E-state index contributed by atoms with van der Waals surface area (Å²) in [6, 6.07) is 6.92. The summed E-state index contributed by atoms with van der Waals surface area (Å²) in [5.41, 5.74) is -0.565. The van der Waals surface area contributed by atoms with E-state index in [0.29, 0.717) is 11.8 Å². The molecule has 0 aliphatic carbocycles. The maximum Gasteiger partial charge on any atom is 0.417 e. The molecule has 162 valence electrons. The van der Waals surface area contributed by atoms with Gasteiger partial charge < -0.3 is 0 Å². The number of benzene rings is 1. The van der Waals surface area contributed by atoms with Crippen molar-refractivity contribution in [1.82, 2.24) is 19.5 Å². The zero-order chi connectivity index (χ0) is 23.0. The number of ketones is 1. The normalized spacial score (nSPS) is 11.9. The number of nitrogens with zero attached hydrogens (tertiary/aromatic N) is 3. The predicted molar refractivity (Wildman–Crippen MR) is 102 cm³/mol. The van der Waals surface area contributed by atoms with Gasteiger partial charge in [0.05, 0.1) is 27.9 Å². The maximum atomic E-state index is 12.7. The van der Waals surface area contributed by atoms with E-state index in [2.05, 4.69) is 10.1 Å². The summed E-state index contributed by atoms with van der Waals surface area (Å²) in [4.78, 5) is 27.3. The van der Waals surface area contributed by atoms with E-state index in [1.807, 2.05) is 4.72 Å². The minimum absolute atomic E-state index is 0.0206. The van der Waals surface area contributed by atoms with Crippen LogP contribution in [0, 0.1) is 6.92 Å². The third kappa shape index (κ3) is 4.63. The fourth-order valence-electron chi connectivity index (χ4n) is 2.65. The Labute approximate surface area is 174 Å². The zero-order valence-corrected chi connectivity index (χ0v) is 17.0. The minimum Gasteiger partial charge on any atom is -0.295 e. The summed E-state index contributed by atoms with van der Waals surface area (Å²) < 4.78 is 66.0. The first-order chi connectivity index (χ1) is 14.4. The summed E-state index contributed by atoms with van der Waals surface area (Å²) in [7, 11) is -4.23. The Bertz CT molecular complexity index is 1250. The average Bonchev–Trinajstić information content (AvgIpc) is 3.08.